The van der Waals surface area contributed by atoms with E-state index in [-0.39, 0.29) is 24.4 Å². The summed E-state index contributed by atoms with van der Waals surface area (Å²) in [6.07, 6.45) is -0.378. The normalized spacial score (nSPS) is 20.0. The predicted octanol–water partition coefficient (Wildman–Crippen LogP) is 6.92. The van der Waals surface area contributed by atoms with Gasteiger partial charge in [0.1, 0.15) is 12.2 Å². The molecule has 6 rings (SSSR count). The van der Waals surface area contributed by atoms with Crippen LogP contribution in [0.4, 0.5) is 0 Å². The van der Waals surface area contributed by atoms with Crippen molar-refractivity contribution >= 4 is 18.7 Å². The fraction of sp³-hybridized carbons (Fsp3) is 0.231. The molecule has 1 unspecified atom stereocenters. The fourth-order valence-electron chi connectivity index (χ4n) is 6.03. The smallest absolute Gasteiger partial charge is 0.253 e. The summed E-state index contributed by atoms with van der Waals surface area (Å²) in [5, 5.41) is 2.45. The topological polar surface area (TPSA) is 36.9 Å². The van der Waals surface area contributed by atoms with Crippen LogP contribution in [-0.2, 0) is 38.5 Å². The molecule has 0 amide bonds. The van der Waals surface area contributed by atoms with Crippen LogP contribution in [0.2, 0.25) is 6.55 Å². The Hall–Kier alpha value is -3.84. The summed E-state index contributed by atoms with van der Waals surface area (Å²) in [5.41, 5.74) is 3.37. The van der Waals surface area contributed by atoms with Crippen LogP contribution in [0.15, 0.2) is 152 Å². The fourth-order valence-corrected chi connectivity index (χ4v) is 9.13. The Labute approximate surface area is 262 Å². The van der Waals surface area contributed by atoms with Gasteiger partial charge in [0.15, 0.2) is 0 Å². The van der Waals surface area contributed by atoms with Gasteiger partial charge in [-0.25, -0.2) is 0 Å². The highest BCUT2D eigenvalue weighted by Gasteiger charge is 2.50. The number of rotatable bonds is 13. The first-order valence-electron chi connectivity index (χ1n) is 15.4. The van der Waals surface area contributed by atoms with Crippen LogP contribution in [0, 0.1) is 0 Å². The second kappa shape index (κ2) is 14.8. The molecule has 1 aliphatic rings. The molecule has 0 aromatic heterocycles. The van der Waals surface area contributed by atoms with Gasteiger partial charge in [-0.2, -0.15) is 0 Å². The maximum Gasteiger partial charge on any atom is 0.253 e. The zero-order valence-electron chi connectivity index (χ0n) is 25.2. The summed E-state index contributed by atoms with van der Waals surface area (Å²) < 4.78 is 27.6. The molecular formula is C39H40O4Si. The molecule has 0 bridgehead atoms. The number of ether oxygens (including phenoxy) is 3. The van der Waals surface area contributed by atoms with Crippen molar-refractivity contribution in [3.63, 3.8) is 0 Å². The average molecular weight is 601 g/mol. The minimum absolute atomic E-state index is 0.200. The maximum absolute atomic E-state index is 7.39. The zero-order chi connectivity index (χ0) is 30.0. The van der Waals surface area contributed by atoms with Crippen LogP contribution >= 0.6 is 0 Å². The SMILES string of the molecule is C[Si](OC1C[C@@H](OCc2ccccc2)[C@H](OCc2ccccc2)[C@@H]1OCc1ccccc1)(c1ccccc1)c1ccccc1. The Morgan fingerprint density at radius 2 is 0.795 bits per heavy atom. The third-order valence-corrected chi connectivity index (χ3v) is 12.1. The van der Waals surface area contributed by atoms with Crippen molar-refractivity contribution in [3.05, 3.63) is 168 Å². The average Bonchev–Trinajstić information content (AvgIpc) is 3.42. The van der Waals surface area contributed by atoms with E-state index in [0.29, 0.717) is 26.2 Å². The molecule has 5 heteroatoms. The van der Waals surface area contributed by atoms with Gasteiger partial charge in [0.05, 0.1) is 32.0 Å². The first kappa shape index (κ1) is 30.2. The van der Waals surface area contributed by atoms with Gasteiger partial charge in [0.2, 0.25) is 0 Å². The molecule has 5 aromatic rings. The number of benzene rings is 5. The molecule has 0 heterocycles. The number of hydrogen-bond acceptors (Lipinski definition) is 4. The molecule has 5 aromatic carbocycles. The molecule has 0 radical (unpaired) electrons. The molecule has 224 valence electrons. The summed E-state index contributed by atoms with van der Waals surface area (Å²) in [4.78, 5) is 0. The van der Waals surface area contributed by atoms with E-state index in [1.165, 1.54) is 10.4 Å². The quantitative estimate of drug-likeness (QED) is 0.138. The standard InChI is InChI=1S/C39H40O4Si/c1-44(34-23-13-5-14-24-34,35-25-15-6-16-26-35)43-37-27-36(40-28-31-17-7-2-8-18-31)38(41-29-32-19-9-3-10-20-32)39(37)42-30-33-21-11-4-12-22-33/h2-26,36-39H,27-30H2,1H3/t36-,37?,38+,39-/m1/s1. The zero-order valence-corrected chi connectivity index (χ0v) is 26.2. The molecule has 4 atom stereocenters. The second-order valence-corrected chi connectivity index (χ2v) is 15.0. The number of hydrogen-bond donors (Lipinski definition) is 0. The van der Waals surface area contributed by atoms with E-state index in [1.807, 2.05) is 54.6 Å². The molecule has 0 N–H and O–H groups in total. The van der Waals surface area contributed by atoms with Crippen molar-refractivity contribution < 1.29 is 18.6 Å². The van der Waals surface area contributed by atoms with E-state index >= 15 is 0 Å². The monoisotopic (exact) mass is 600 g/mol. The highest BCUT2D eigenvalue weighted by atomic mass is 28.4. The Bertz CT molecular complexity index is 1490. The highest BCUT2D eigenvalue weighted by molar-refractivity contribution is 6.96. The minimum atomic E-state index is -2.64. The Morgan fingerprint density at radius 3 is 1.20 bits per heavy atom. The Balaban J connectivity index is 1.33. The van der Waals surface area contributed by atoms with Crippen molar-refractivity contribution in [2.45, 2.75) is 57.2 Å². The lowest BCUT2D eigenvalue weighted by molar-refractivity contribution is -0.131. The summed E-state index contributed by atoms with van der Waals surface area (Å²) in [6, 6.07) is 52.2. The van der Waals surface area contributed by atoms with E-state index in [0.717, 1.165) is 16.7 Å². The molecule has 1 fully saturated rings. The van der Waals surface area contributed by atoms with Crippen LogP contribution in [-0.4, -0.2) is 32.7 Å². The molecule has 44 heavy (non-hydrogen) atoms. The molecule has 0 aliphatic heterocycles. The van der Waals surface area contributed by atoms with Crippen molar-refractivity contribution in [1.82, 2.24) is 0 Å². The Morgan fingerprint density at radius 1 is 0.455 bits per heavy atom. The van der Waals surface area contributed by atoms with Crippen LogP contribution in [0.25, 0.3) is 0 Å². The third kappa shape index (κ3) is 7.44. The van der Waals surface area contributed by atoms with E-state index in [1.54, 1.807) is 0 Å². The van der Waals surface area contributed by atoms with E-state index in [4.69, 9.17) is 18.6 Å². The Kier molecular flexibility index (Phi) is 10.1. The first-order valence-corrected chi connectivity index (χ1v) is 17.9. The second-order valence-electron chi connectivity index (χ2n) is 11.5. The first-order chi connectivity index (χ1) is 21.7. The van der Waals surface area contributed by atoms with Crippen molar-refractivity contribution in [1.29, 1.82) is 0 Å². The third-order valence-electron chi connectivity index (χ3n) is 8.44. The van der Waals surface area contributed by atoms with Gasteiger partial charge in [-0.3, -0.25) is 0 Å². The van der Waals surface area contributed by atoms with Crippen LogP contribution < -0.4 is 10.4 Å². The highest BCUT2D eigenvalue weighted by Crippen LogP contribution is 2.34. The largest absolute Gasteiger partial charge is 0.402 e. The lowest BCUT2D eigenvalue weighted by atomic mass is 10.2. The summed E-state index contributed by atoms with van der Waals surface area (Å²) in [7, 11) is -2.64. The van der Waals surface area contributed by atoms with E-state index in [9.17, 15) is 0 Å². The van der Waals surface area contributed by atoms with E-state index in [2.05, 4.69) is 104 Å². The molecule has 1 aliphatic carbocycles. The molecular weight excluding hydrogens is 561 g/mol. The van der Waals surface area contributed by atoms with Crippen molar-refractivity contribution in [2.24, 2.45) is 0 Å². The summed E-state index contributed by atoms with van der Waals surface area (Å²) >= 11 is 0. The summed E-state index contributed by atoms with van der Waals surface area (Å²) in [5.74, 6) is 0. The van der Waals surface area contributed by atoms with Crippen molar-refractivity contribution in [2.75, 3.05) is 0 Å². The molecule has 0 saturated heterocycles. The van der Waals surface area contributed by atoms with Crippen molar-refractivity contribution in [3.8, 4) is 0 Å². The van der Waals surface area contributed by atoms with Gasteiger partial charge in [-0.05, 0) is 33.6 Å². The van der Waals surface area contributed by atoms with Gasteiger partial charge >= 0.3 is 0 Å². The molecule has 1 saturated carbocycles. The van der Waals surface area contributed by atoms with Crippen LogP contribution in [0.3, 0.4) is 0 Å². The predicted molar refractivity (Wildman–Crippen MR) is 178 cm³/mol. The van der Waals surface area contributed by atoms with Crippen LogP contribution in [0.1, 0.15) is 23.1 Å². The lowest BCUT2D eigenvalue weighted by Gasteiger charge is -2.35. The van der Waals surface area contributed by atoms with Gasteiger partial charge in [0.25, 0.3) is 8.32 Å². The van der Waals surface area contributed by atoms with Gasteiger partial charge in [0, 0.05) is 6.42 Å². The summed E-state index contributed by atoms with van der Waals surface area (Å²) in [6.45, 7) is 3.74. The van der Waals surface area contributed by atoms with Crippen LogP contribution in [0.5, 0.6) is 0 Å². The van der Waals surface area contributed by atoms with E-state index < -0.39 is 8.32 Å². The van der Waals surface area contributed by atoms with Gasteiger partial charge in [-0.1, -0.05) is 152 Å². The van der Waals surface area contributed by atoms with Gasteiger partial charge in [-0.15, -0.1) is 0 Å². The lowest BCUT2D eigenvalue weighted by Crippen LogP contribution is -2.61. The molecule has 4 nitrogen and oxygen atoms in total. The molecule has 0 spiro atoms. The van der Waals surface area contributed by atoms with Gasteiger partial charge < -0.3 is 18.6 Å². The maximum atomic E-state index is 7.39. The minimum Gasteiger partial charge on any atom is -0.402 e.